The predicted molar refractivity (Wildman–Crippen MR) is 84.2 cm³/mol. The van der Waals surface area contributed by atoms with Crippen molar-refractivity contribution in [2.75, 3.05) is 6.61 Å². The maximum Gasteiger partial charge on any atom is 0.341 e. The molecule has 0 aliphatic heterocycles. The van der Waals surface area contributed by atoms with Crippen LogP contribution in [0.25, 0.3) is 22.2 Å². The Hall–Kier alpha value is -2.82. The van der Waals surface area contributed by atoms with Gasteiger partial charge in [0, 0.05) is 22.2 Å². The van der Waals surface area contributed by atoms with E-state index in [1.807, 2.05) is 12.1 Å². The molecule has 3 aromatic rings. The van der Waals surface area contributed by atoms with Crippen molar-refractivity contribution in [2.45, 2.75) is 12.8 Å². The van der Waals surface area contributed by atoms with Crippen LogP contribution in [-0.2, 0) is 17.6 Å². The van der Waals surface area contributed by atoms with Gasteiger partial charge in [0.05, 0.1) is 0 Å². The largest absolute Gasteiger partial charge is 0.482 e. The first-order valence-electron chi connectivity index (χ1n) is 7.40. The first-order valence-corrected chi connectivity index (χ1v) is 7.40. The lowest BCUT2D eigenvalue weighted by Gasteiger charge is -2.17. The number of H-pyrrole nitrogens is 1. The Bertz CT molecular complexity index is 929. The van der Waals surface area contributed by atoms with Crippen molar-refractivity contribution < 1.29 is 19.0 Å². The second kappa shape index (κ2) is 5.12. The van der Waals surface area contributed by atoms with Crippen LogP contribution in [0.4, 0.5) is 4.39 Å². The Morgan fingerprint density at radius 2 is 2.09 bits per heavy atom. The van der Waals surface area contributed by atoms with Crippen molar-refractivity contribution in [1.82, 2.24) is 4.98 Å². The topological polar surface area (TPSA) is 62.3 Å². The number of hydrogen-bond acceptors (Lipinski definition) is 2. The number of aromatic amines is 1. The minimum Gasteiger partial charge on any atom is -0.482 e. The molecule has 116 valence electrons. The number of fused-ring (bicyclic) bond motifs is 5. The molecule has 0 saturated heterocycles. The number of carboxylic acids is 1. The van der Waals surface area contributed by atoms with Gasteiger partial charge in [0.1, 0.15) is 11.6 Å². The Labute approximate surface area is 131 Å². The fourth-order valence-electron chi connectivity index (χ4n) is 3.22. The molecule has 0 amide bonds. The predicted octanol–water partition coefficient (Wildman–Crippen LogP) is 3.54. The van der Waals surface area contributed by atoms with Crippen LogP contribution in [0.15, 0.2) is 36.4 Å². The number of benzene rings is 2. The first kappa shape index (κ1) is 13.8. The summed E-state index contributed by atoms with van der Waals surface area (Å²) in [5, 5.41) is 9.61. The second-order valence-electron chi connectivity index (χ2n) is 5.67. The van der Waals surface area contributed by atoms with Gasteiger partial charge in [-0.05, 0) is 60.4 Å². The number of carbonyl (C=O) groups is 1. The average molecular weight is 311 g/mol. The van der Waals surface area contributed by atoms with E-state index in [9.17, 15) is 9.18 Å². The maximum absolute atomic E-state index is 13.5. The van der Waals surface area contributed by atoms with Gasteiger partial charge in [0.2, 0.25) is 0 Å². The summed E-state index contributed by atoms with van der Waals surface area (Å²) in [5.41, 5.74) is 5.23. The molecule has 0 atom stereocenters. The number of halogens is 1. The van der Waals surface area contributed by atoms with Gasteiger partial charge < -0.3 is 14.8 Å². The number of nitrogens with one attached hydrogen (secondary N) is 1. The number of aryl methyl sites for hydroxylation is 2. The SMILES string of the molecule is O=C(O)COc1ccc2c(c1)CCc1c-2[nH]c2ccc(F)cc12. The summed E-state index contributed by atoms with van der Waals surface area (Å²) in [6, 6.07) is 10.4. The molecule has 2 N–H and O–H groups in total. The summed E-state index contributed by atoms with van der Waals surface area (Å²) in [7, 11) is 0. The van der Waals surface area contributed by atoms with Gasteiger partial charge in [-0.2, -0.15) is 0 Å². The van der Waals surface area contributed by atoms with Gasteiger partial charge in [-0.3, -0.25) is 0 Å². The Balaban J connectivity index is 1.78. The third kappa shape index (κ3) is 2.34. The molecule has 2 aromatic carbocycles. The maximum atomic E-state index is 13.5. The molecule has 0 spiro atoms. The van der Waals surface area contributed by atoms with E-state index in [-0.39, 0.29) is 12.4 Å². The Morgan fingerprint density at radius 1 is 1.22 bits per heavy atom. The highest BCUT2D eigenvalue weighted by molar-refractivity contribution is 5.92. The lowest BCUT2D eigenvalue weighted by molar-refractivity contribution is -0.139. The van der Waals surface area contributed by atoms with Crippen LogP contribution in [0.3, 0.4) is 0 Å². The van der Waals surface area contributed by atoms with Crippen molar-refractivity contribution >= 4 is 16.9 Å². The molecule has 23 heavy (non-hydrogen) atoms. The molecule has 1 heterocycles. The smallest absolute Gasteiger partial charge is 0.341 e. The molecular formula is C18H14FNO3. The third-order valence-corrected chi connectivity index (χ3v) is 4.22. The van der Waals surface area contributed by atoms with E-state index >= 15 is 0 Å². The van der Waals surface area contributed by atoms with E-state index < -0.39 is 5.97 Å². The lowest BCUT2D eigenvalue weighted by atomic mass is 9.89. The molecule has 0 radical (unpaired) electrons. The fourth-order valence-corrected chi connectivity index (χ4v) is 3.22. The number of ether oxygens (including phenoxy) is 1. The number of aromatic nitrogens is 1. The number of carboxylic acid groups (broad SMARTS) is 1. The molecule has 4 nitrogen and oxygen atoms in total. The van der Waals surface area contributed by atoms with Crippen LogP contribution in [0.5, 0.6) is 5.75 Å². The molecule has 0 unspecified atom stereocenters. The Morgan fingerprint density at radius 3 is 2.91 bits per heavy atom. The molecule has 4 rings (SSSR count). The summed E-state index contributed by atoms with van der Waals surface area (Å²) >= 11 is 0. The minimum absolute atomic E-state index is 0.234. The van der Waals surface area contributed by atoms with Gasteiger partial charge in [-0.1, -0.05) is 0 Å². The standard InChI is InChI=1S/C18H14FNO3/c19-11-2-6-16-15(8-11)14-4-1-10-7-12(23-9-17(21)22)3-5-13(10)18(14)20-16/h2-3,5-8,20H,1,4,9H2,(H,21,22). The second-order valence-corrected chi connectivity index (χ2v) is 5.67. The van der Waals surface area contributed by atoms with E-state index in [1.54, 1.807) is 18.2 Å². The van der Waals surface area contributed by atoms with Gasteiger partial charge in [0.15, 0.2) is 6.61 Å². The quantitative estimate of drug-likeness (QED) is 0.778. The van der Waals surface area contributed by atoms with Crippen LogP contribution >= 0.6 is 0 Å². The molecule has 1 aromatic heterocycles. The lowest BCUT2D eigenvalue weighted by Crippen LogP contribution is -2.10. The fraction of sp³-hybridized carbons (Fsp3) is 0.167. The van der Waals surface area contributed by atoms with Crippen LogP contribution in [-0.4, -0.2) is 22.7 Å². The summed E-state index contributed by atoms with van der Waals surface area (Å²) < 4.78 is 18.7. The molecular weight excluding hydrogens is 297 g/mol. The van der Waals surface area contributed by atoms with Crippen molar-refractivity contribution in [3.8, 4) is 17.0 Å². The minimum atomic E-state index is -0.998. The summed E-state index contributed by atoms with van der Waals surface area (Å²) in [6.07, 6.45) is 1.63. The highest BCUT2D eigenvalue weighted by Crippen LogP contribution is 2.38. The zero-order valence-electron chi connectivity index (χ0n) is 12.2. The molecule has 5 heteroatoms. The summed E-state index contributed by atoms with van der Waals surface area (Å²) in [4.78, 5) is 14.0. The molecule has 0 bridgehead atoms. The number of rotatable bonds is 3. The van der Waals surface area contributed by atoms with Crippen LogP contribution in [0.1, 0.15) is 11.1 Å². The highest BCUT2D eigenvalue weighted by atomic mass is 19.1. The van der Waals surface area contributed by atoms with Crippen molar-refractivity contribution in [1.29, 1.82) is 0 Å². The molecule has 1 aliphatic carbocycles. The van der Waals surface area contributed by atoms with Crippen molar-refractivity contribution in [2.24, 2.45) is 0 Å². The van der Waals surface area contributed by atoms with Crippen LogP contribution < -0.4 is 4.74 Å². The average Bonchev–Trinajstić information content (AvgIpc) is 2.90. The van der Waals surface area contributed by atoms with Crippen LogP contribution in [0, 0.1) is 5.82 Å². The van der Waals surface area contributed by atoms with E-state index in [0.29, 0.717) is 5.75 Å². The first-order chi connectivity index (χ1) is 11.1. The van der Waals surface area contributed by atoms with Gasteiger partial charge in [-0.15, -0.1) is 0 Å². The van der Waals surface area contributed by atoms with Crippen molar-refractivity contribution in [3.05, 3.63) is 53.3 Å². The molecule has 0 fully saturated rings. The van der Waals surface area contributed by atoms with Crippen molar-refractivity contribution in [3.63, 3.8) is 0 Å². The highest BCUT2D eigenvalue weighted by Gasteiger charge is 2.21. The molecule has 0 saturated carbocycles. The van der Waals surface area contributed by atoms with E-state index in [0.717, 1.165) is 46.1 Å². The van der Waals surface area contributed by atoms with E-state index in [4.69, 9.17) is 9.84 Å². The van der Waals surface area contributed by atoms with Gasteiger partial charge in [-0.25, -0.2) is 9.18 Å². The van der Waals surface area contributed by atoms with E-state index in [1.165, 1.54) is 6.07 Å². The zero-order valence-corrected chi connectivity index (χ0v) is 12.2. The third-order valence-electron chi connectivity index (χ3n) is 4.22. The number of aliphatic carboxylic acids is 1. The number of hydrogen-bond donors (Lipinski definition) is 2. The van der Waals surface area contributed by atoms with Gasteiger partial charge in [0.25, 0.3) is 0 Å². The normalized spacial score (nSPS) is 12.7. The summed E-state index contributed by atoms with van der Waals surface area (Å²) in [6.45, 7) is -0.351. The zero-order chi connectivity index (χ0) is 16.0. The van der Waals surface area contributed by atoms with Crippen LogP contribution in [0.2, 0.25) is 0 Å². The molecule has 1 aliphatic rings. The van der Waals surface area contributed by atoms with E-state index in [2.05, 4.69) is 4.98 Å². The monoisotopic (exact) mass is 311 g/mol. The Kier molecular flexibility index (Phi) is 3.08. The summed E-state index contributed by atoms with van der Waals surface area (Å²) in [5.74, 6) is -0.679. The van der Waals surface area contributed by atoms with Gasteiger partial charge >= 0.3 is 5.97 Å².